The Kier molecular flexibility index (Phi) is 11.9. The minimum atomic E-state index is 1.08. The van der Waals surface area contributed by atoms with Crippen molar-refractivity contribution in [3.05, 3.63) is 12.4 Å². The lowest BCUT2D eigenvalue weighted by Gasteiger charge is -2.19. The van der Waals surface area contributed by atoms with Gasteiger partial charge in [-0.15, -0.1) is 11.8 Å². The Balaban J connectivity index is 1.74. The van der Waals surface area contributed by atoms with E-state index in [0.29, 0.717) is 0 Å². The molecule has 0 fully saturated rings. The lowest BCUT2D eigenvalue weighted by atomic mass is 10.1. The molecule has 0 atom stereocenters. The van der Waals surface area contributed by atoms with E-state index in [-0.39, 0.29) is 0 Å². The minimum Gasteiger partial charge on any atom is -0.359 e. The molecule has 0 aliphatic carbocycles. The molecule has 0 aromatic rings. The van der Waals surface area contributed by atoms with E-state index in [1.165, 1.54) is 70.0 Å². The summed E-state index contributed by atoms with van der Waals surface area (Å²) in [6, 6.07) is 0. The van der Waals surface area contributed by atoms with Gasteiger partial charge in [0.15, 0.2) is 0 Å². The van der Waals surface area contributed by atoms with Crippen LogP contribution in [-0.2, 0) is 0 Å². The first-order valence-electron chi connectivity index (χ1n) is 9.11. The molecular weight excluding hydrogens is 276 g/mol. The van der Waals surface area contributed by atoms with E-state index in [2.05, 4.69) is 47.8 Å². The topological polar surface area (TPSA) is 6.48 Å². The smallest absolute Gasteiger partial charge is 0.0901 e. The lowest BCUT2D eigenvalue weighted by Crippen LogP contribution is -2.24. The van der Waals surface area contributed by atoms with Crippen LogP contribution in [-0.4, -0.2) is 34.6 Å². The van der Waals surface area contributed by atoms with Crippen molar-refractivity contribution in [1.29, 1.82) is 0 Å². The zero-order chi connectivity index (χ0) is 15.2. The molecule has 0 bridgehead atoms. The fourth-order valence-corrected chi connectivity index (χ4v) is 3.62. The van der Waals surface area contributed by atoms with E-state index in [1.807, 2.05) is 0 Å². The molecule has 0 aromatic heterocycles. The molecule has 0 saturated carbocycles. The van der Waals surface area contributed by atoms with Crippen LogP contribution in [0.4, 0.5) is 0 Å². The summed E-state index contributed by atoms with van der Waals surface area (Å²) in [5, 5.41) is 0. The summed E-state index contributed by atoms with van der Waals surface area (Å²) in [6.45, 7) is 6.71. The molecule has 1 rings (SSSR count). The molecule has 1 heterocycles. The molecule has 124 valence electrons. The van der Waals surface area contributed by atoms with Gasteiger partial charge in [-0.25, -0.2) is 0 Å². The first-order valence-corrected chi connectivity index (χ1v) is 10.3. The van der Waals surface area contributed by atoms with Gasteiger partial charge in [-0.2, -0.15) is 0 Å². The fraction of sp³-hybridized carbons (Fsp3) is 0.889. The van der Waals surface area contributed by atoms with Gasteiger partial charge in [0.1, 0.15) is 0 Å². The second-order valence-electron chi connectivity index (χ2n) is 6.15. The third kappa shape index (κ3) is 10.1. The van der Waals surface area contributed by atoms with Crippen molar-refractivity contribution in [1.82, 2.24) is 9.80 Å². The van der Waals surface area contributed by atoms with Gasteiger partial charge >= 0.3 is 0 Å². The number of hydrogen-bond acceptors (Lipinski definition) is 3. The van der Waals surface area contributed by atoms with E-state index in [1.54, 1.807) is 0 Å². The first kappa shape index (κ1) is 18.7. The van der Waals surface area contributed by atoms with Gasteiger partial charge in [0.25, 0.3) is 0 Å². The molecule has 21 heavy (non-hydrogen) atoms. The molecule has 1 aliphatic rings. The highest BCUT2D eigenvalue weighted by Gasteiger charge is 2.09. The van der Waals surface area contributed by atoms with E-state index >= 15 is 0 Å². The predicted molar refractivity (Wildman–Crippen MR) is 97.4 cm³/mol. The molecule has 0 spiro atoms. The predicted octanol–water partition coefficient (Wildman–Crippen LogP) is 5.66. The SMILES string of the molecule is CCCCCCCCCCCCSCN1C=CN(CC)C1. The summed E-state index contributed by atoms with van der Waals surface area (Å²) in [7, 11) is 0. The summed E-state index contributed by atoms with van der Waals surface area (Å²) in [4.78, 5) is 4.76. The average molecular weight is 313 g/mol. The number of hydrogen-bond donors (Lipinski definition) is 0. The van der Waals surface area contributed by atoms with E-state index in [4.69, 9.17) is 0 Å². The molecule has 0 amide bonds. The molecule has 0 aromatic carbocycles. The largest absolute Gasteiger partial charge is 0.359 e. The quantitative estimate of drug-likeness (QED) is 0.382. The van der Waals surface area contributed by atoms with Gasteiger partial charge in [0.05, 0.1) is 12.5 Å². The van der Waals surface area contributed by atoms with Crippen molar-refractivity contribution >= 4 is 11.8 Å². The van der Waals surface area contributed by atoms with E-state index in [0.717, 1.165) is 19.1 Å². The zero-order valence-electron chi connectivity index (χ0n) is 14.4. The summed E-state index contributed by atoms with van der Waals surface area (Å²) in [5.41, 5.74) is 0. The maximum atomic E-state index is 2.41. The summed E-state index contributed by atoms with van der Waals surface area (Å²) in [5.74, 6) is 2.48. The van der Waals surface area contributed by atoms with Crippen molar-refractivity contribution < 1.29 is 0 Å². The monoisotopic (exact) mass is 312 g/mol. The Bertz CT molecular complexity index is 256. The van der Waals surface area contributed by atoms with Crippen LogP contribution in [0.2, 0.25) is 0 Å². The second kappa shape index (κ2) is 13.4. The van der Waals surface area contributed by atoms with E-state index in [9.17, 15) is 0 Å². The second-order valence-corrected chi connectivity index (χ2v) is 7.23. The third-order valence-corrected chi connectivity index (χ3v) is 5.25. The Labute approximate surface area is 137 Å². The van der Waals surface area contributed by atoms with Gasteiger partial charge in [-0.05, 0) is 19.1 Å². The standard InChI is InChI=1S/C18H36N2S/c1-3-5-6-7-8-9-10-11-12-13-16-21-18-20-15-14-19(4-2)17-20/h14-15H,3-13,16-18H2,1-2H3. The van der Waals surface area contributed by atoms with Gasteiger partial charge in [0, 0.05) is 18.9 Å². The zero-order valence-corrected chi connectivity index (χ0v) is 15.2. The summed E-state index contributed by atoms with van der Waals surface area (Å²) in [6.07, 6.45) is 18.8. The molecule has 1 aliphatic heterocycles. The molecule has 0 unspecified atom stereocenters. The van der Waals surface area contributed by atoms with Crippen LogP contribution < -0.4 is 0 Å². The van der Waals surface area contributed by atoms with Crippen molar-refractivity contribution in [3.63, 3.8) is 0 Å². The van der Waals surface area contributed by atoms with Crippen molar-refractivity contribution in [2.75, 3.05) is 24.8 Å². The Morgan fingerprint density at radius 2 is 1.33 bits per heavy atom. The molecule has 0 radical (unpaired) electrons. The Hall–Kier alpha value is -0.310. The van der Waals surface area contributed by atoms with Gasteiger partial charge < -0.3 is 9.80 Å². The maximum absolute atomic E-state index is 2.41. The highest BCUT2D eigenvalue weighted by atomic mass is 32.2. The van der Waals surface area contributed by atoms with Gasteiger partial charge in [-0.1, -0.05) is 64.7 Å². The number of nitrogens with zero attached hydrogens (tertiary/aromatic N) is 2. The van der Waals surface area contributed by atoms with Crippen LogP contribution in [0, 0.1) is 0 Å². The summed E-state index contributed by atoms with van der Waals surface area (Å²) < 4.78 is 0. The van der Waals surface area contributed by atoms with Gasteiger partial charge in [0.2, 0.25) is 0 Å². The Morgan fingerprint density at radius 3 is 1.90 bits per heavy atom. The Morgan fingerprint density at radius 1 is 0.762 bits per heavy atom. The lowest BCUT2D eigenvalue weighted by molar-refractivity contribution is 0.301. The van der Waals surface area contributed by atoms with Crippen molar-refractivity contribution in [2.24, 2.45) is 0 Å². The number of rotatable bonds is 14. The van der Waals surface area contributed by atoms with Crippen LogP contribution in [0.5, 0.6) is 0 Å². The molecule has 2 nitrogen and oxygen atoms in total. The summed E-state index contributed by atoms with van der Waals surface area (Å²) >= 11 is 2.09. The van der Waals surface area contributed by atoms with E-state index < -0.39 is 0 Å². The molecule has 0 saturated heterocycles. The molecular formula is C18H36N2S. The minimum absolute atomic E-state index is 1.08. The first-order chi connectivity index (χ1) is 10.4. The van der Waals surface area contributed by atoms with Crippen LogP contribution in [0.3, 0.4) is 0 Å². The number of thioether (sulfide) groups is 1. The maximum Gasteiger partial charge on any atom is 0.0901 e. The normalized spacial score (nSPS) is 14.4. The number of unbranched alkanes of at least 4 members (excludes halogenated alkanes) is 9. The third-order valence-electron chi connectivity index (χ3n) is 4.16. The van der Waals surface area contributed by atoms with Crippen LogP contribution >= 0.6 is 11.8 Å². The van der Waals surface area contributed by atoms with Gasteiger partial charge in [-0.3, -0.25) is 0 Å². The highest BCUT2D eigenvalue weighted by Crippen LogP contribution is 2.15. The van der Waals surface area contributed by atoms with Crippen molar-refractivity contribution in [3.8, 4) is 0 Å². The van der Waals surface area contributed by atoms with Crippen LogP contribution in [0.15, 0.2) is 12.4 Å². The molecule has 0 N–H and O–H groups in total. The fourth-order valence-electron chi connectivity index (χ4n) is 2.68. The van der Waals surface area contributed by atoms with Crippen LogP contribution in [0.1, 0.15) is 78.1 Å². The van der Waals surface area contributed by atoms with Crippen molar-refractivity contribution in [2.45, 2.75) is 78.1 Å². The highest BCUT2D eigenvalue weighted by molar-refractivity contribution is 7.99. The average Bonchev–Trinajstić information content (AvgIpc) is 2.96. The molecule has 3 heteroatoms. The van der Waals surface area contributed by atoms with Crippen LogP contribution in [0.25, 0.3) is 0 Å².